The molecule has 0 saturated heterocycles. The van der Waals surface area contributed by atoms with E-state index in [2.05, 4.69) is 296 Å². The largest absolute Gasteiger partial charge is 0.534 e. The zero-order valence-electron chi connectivity index (χ0n) is 71.5. The Bertz CT molecular complexity index is 6470. The molecule has 18 rings (SSSR count). The summed E-state index contributed by atoms with van der Waals surface area (Å²) in [5, 5.41) is 6.60. The summed E-state index contributed by atoms with van der Waals surface area (Å²) in [6.07, 6.45) is -13.4. The lowest BCUT2D eigenvalue weighted by molar-refractivity contribution is -0.0499. The lowest BCUT2D eigenvalue weighted by Gasteiger charge is -2.50. The van der Waals surface area contributed by atoms with Crippen molar-refractivity contribution in [3.63, 3.8) is 0 Å². The molecule has 33 radical (unpaired) electrons. The first-order valence-corrected chi connectivity index (χ1v) is 45.8. The van der Waals surface area contributed by atoms with E-state index in [1.54, 1.807) is 36.4 Å². The Hall–Kier alpha value is -9.84. The van der Waals surface area contributed by atoms with Crippen LogP contribution in [0.4, 0.5) is 41.6 Å². The molecule has 14 aromatic carbocycles. The number of ether oxygens (including phenoxy) is 2. The van der Waals surface area contributed by atoms with Gasteiger partial charge in [-0.3, -0.25) is 0 Å². The fourth-order valence-corrected chi connectivity index (χ4v) is 18.3. The summed E-state index contributed by atoms with van der Waals surface area (Å²) in [5.74, 6) is 2.29. The molecule has 2 aliphatic rings. The van der Waals surface area contributed by atoms with Crippen molar-refractivity contribution in [2.45, 2.75) is 5.51 Å². The van der Waals surface area contributed by atoms with Gasteiger partial charge in [-0.15, -0.1) is 0 Å². The molecule has 1 N–H and O–H groups in total. The molecule has 2 aromatic heterocycles. The summed E-state index contributed by atoms with van der Waals surface area (Å²) < 4.78 is 82.8. The van der Waals surface area contributed by atoms with Gasteiger partial charge in [-0.05, 0) is 159 Å². The fourth-order valence-electron chi connectivity index (χ4n) is 17.8. The average molecular weight is 1780 g/mol. The molecule has 0 bridgehead atoms. The fraction of sp³-hybridized carbons (Fsp3) is 0.0233. The van der Waals surface area contributed by atoms with E-state index >= 15 is 0 Å². The lowest BCUT2D eigenvalue weighted by atomic mass is 8.31. The predicted molar refractivity (Wildman–Crippen MR) is 588 cm³/mol. The maximum atomic E-state index is 12.8. The number of anilines is 5. The minimum absolute atomic E-state index is 0.232. The Morgan fingerprint density at radius 3 is 0.992 bits per heavy atom. The van der Waals surface area contributed by atoms with E-state index < -0.39 is 111 Å². The molecule has 16 aromatic rings. The number of alkyl halides is 4. The van der Waals surface area contributed by atoms with Gasteiger partial charge in [0.15, 0.2) is 28.7 Å². The molecule has 2 aliphatic heterocycles. The van der Waals surface area contributed by atoms with Crippen LogP contribution in [0.2, 0.25) is 0 Å². The quantitative estimate of drug-likeness (QED) is 0.0201. The summed E-state index contributed by atoms with van der Waals surface area (Å²) in [6, 6.07) is 115. The van der Waals surface area contributed by atoms with Gasteiger partial charge >= 0.3 is 15.6 Å². The number of benzene rings is 14. The van der Waals surface area contributed by atoms with Crippen LogP contribution in [0.1, 0.15) is 0 Å². The molecule has 581 valence electrons. The van der Waals surface area contributed by atoms with Gasteiger partial charge in [0.1, 0.15) is 5.52 Å². The molecule has 0 aliphatic carbocycles. The number of para-hydroxylation sites is 6. The van der Waals surface area contributed by atoms with Crippen molar-refractivity contribution in [2.75, 3.05) is 15.1 Å². The summed E-state index contributed by atoms with van der Waals surface area (Å²) in [5.41, 5.74) is 14.8. The summed E-state index contributed by atoms with van der Waals surface area (Å²) in [7, 11) is 92.3. The molecule has 0 atom stereocenters. The third-order valence-electron chi connectivity index (χ3n) is 23.6. The first kappa shape index (κ1) is 97.2. The first-order chi connectivity index (χ1) is 63.1. The standard InChI is InChI=1S/C42H28N2O.C24H19N.C19H10F3NO4S.CH3I.B31/c1-3-11-29(12-4-1)31-19-23-33(24-20-31)43(34-25-21-32(22-26-34)30-13-5-2-6-14-30)38-27-28-40-42-41(38)35-15-7-8-16-36(35)44(42)37-17-9-10-18-39(37)45-40;1-3-7-19(8-4-1)21-11-15-23(16-12-21)25-24-17-13-22(14-18-24)20-9-5-2-6-10-20;20-19(21,22)28(24,25)27-15-9-10-16-18-17(15)11-5-1-2-6-12(11)23(18)13-7-3-4-8-14(13)26-16;1-2;1-17-25(16)29(24(14)15)31(28(22(10)11)23(12)13)30(26(18(2)3)19(4)5)27(20(6)7)21(8)9/h1-28H;1-18,25H;1-10H;1H3;. The second kappa shape index (κ2) is 43.5. The Morgan fingerprint density at radius 1 is 0.344 bits per heavy atom. The Kier molecular flexibility index (Phi) is 32.2. The molecular weight excluding hydrogens is 1720 g/mol. The molecule has 45 heteroatoms. The first-order valence-electron chi connectivity index (χ1n) is 42.2. The Labute approximate surface area is 807 Å². The Morgan fingerprint density at radius 2 is 0.641 bits per heavy atom. The van der Waals surface area contributed by atoms with E-state index in [0.717, 1.165) is 62.0 Å². The molecule has 0 saturated carbocycles. The topological polar surface area (TPSA) is 87.0 Å². The smallest absolute Gasteiger partial charge is 0.453 e. The van der Waals surface area contributed by atoms with Crippen LogP contribution in [0, 0.1) is 0 Å². The van der Waals surface area contributed by atoms with Crippen molar-refractivity contribution < 1.29 is 35.2 Å². The van der Waals surface area contributed by atoms with E-state index in [1.165, 1.54) is 69.1 Å². The molecular formula is C86H60B31F3IN4O5S. The Balaban J connectivity index is 0.000000144. The van der Waals surface area contributed by atoms with Crippen molar-refractivity contribution >= 4 is 325 Å². The van der Waals surface area contributed by atoms with Gasteiger partial charge in [-0.25, -0.2) is 0 Å². The lowest BCUT2D eigenvalue weighted by Crippen LogP contribution is -2.89. The summed E-state index contributed by atoms with van der Waals surface area (Å²) >= 11 is 2.15. The molecule has 9 nitrogen and oxygen atoms in total. The van der Waals surface area contributed by atoms with Crippen LogP contribution in [0.25, 0.3) is 99.5 Å². The number of nitrogens with one attached hydrogen (secondary N) is 1. The molecule has 131 heavy (non-hydrogen) atoms. The number of halogens is 4. The van der Waals surface area contributed by atoms with Crippen molar-refractivity contribution in [1.82, 2.24) is 9.13 Å². The molecule has 4 heterocycles. The number of aromatic nitrogens is 2. The van der Waals surface area contributed by atoms with E-state index in [4.69, 9.17) is 133 Å². The number of nitrogens with zero attached hydrogens (tertiary/aromatic N) is 3. The minimum Gasteiger partial charge on any atom is -0.453 e. The zero-order chi connectivity index (χ0) is 93.1. The average Bonchev–Trinajstić information content (AvgIpc) is 1.56. The van der Waals surface area contributed by atoms with Crippen LogP contribution in [-0.4, -0.2) is 248 Å². The molecule has 0 amide bonds. The number of rotatable bonds is 25. The predicted octanol–water partition coefficient (Wildman–Crippen LogP) is 12.8. The van der Waals surface area contributed by atoms with Crippen LogP contribution < -0.4 is 23.9 Å². The van der Waals surface area contributed by atoms with E-state index in [1.807, 2.05) is 45.9 Å². The highest BCUT2D eigenvalue weighted by atomic mass is 127. The van der Waals surface area contributed by atoms with Gasteiger partial charge in [0.2, 0.25) is 0 Å². The van der Waals surface area contributed by atoms with Crippen molar-refractivity contribution in [1.29, 1.82) is 0 Å². The summed E-state index contributed by atoms with van der Waals surface area (Å²) in [6.45, 7) is 0. The highest BCUT2D eigenvalue weighted by Crippen LogP contribution is 2.53. The van der Waals surface area contributed by atoms with Crippen LogP contribution in [-0.2, 0) is 10.1 Å². The van der Waals surface area contributed by atoms with E-state index in [-0.39, 0.29) is 5.39 Å². The van der Waals surface area contributed by atoms with Crippen LogP contribution in [0.5, 0.6) is 28.7 Å². The van der Waals surface area contributed by atoms with Crippen molar-refractivity contribution in [2.24, 2.45) is 0 Å². The van der Waals surface area contributed by atoms with Gasteiger partial charge in [0.25, 0.3) is 0 Å². The van der Waals surface area contributed by atoms with Gasteiger partial charge in [0, 0.05) is 259 Å². The molecule has 0 unspecified atom stereocenters. The maximum Gasteiger partial charge on any atom is 0.534 e. The molecule has 0 fully saturated rings. The third kappa shape index (κ3) is 21.4. The van der Waals surface area contributed by atoms with Crippen LogP contribution in [0.3, 0.4) is 0 Å². The normalized spacial score (nSPS) is 11.2. The van der Waals surface area contributed by atoms with E-state index in [9.17, 15) is 21.6 Å². The van der Waals surface area contributed by atoms with Crippen LogP contribution >= 0.6 is 22.6 Å². The monoisotopic (exact) mass is 1790 g/mol. The van der Waals surface area contributed by atoms with Gasteiger partial charge in [0.05, 0.1) is 39.0 Å². The SMILES string of the molecule is CI.O=S(=O)(Oc1ccc2c3c1c1ccccc1n3-c1ccccc1O2)C(F)(F)F.[B][B]B([B])B(B([B])[B])B(B(B([B])[B])B([B])[B])B(B(B([B])[B])B([B])[B])B(B([B])[B])B([B])[B].c1ccc(-c2ccc(N(c3ccc(-c4ccccc4)cc3)c3ccc4c5c3c3ccccc3n5-c3ccccc3O4)cc2)cc1.c1ccc(-c2ccc(Nc3ccc(-c4ccccc4)cc3)cc2)cc1. The number of hydrogen-bond donors (Lipinski definition) is 1. The number of hydrogen-bond acceptors (Lipinski definition) is 7. The minimum atomic E-state index is -5.81. The zero-order valence-corrected chi connectivity index (χ0v) is 74.5. The maximum absolute atomic E-state index is 12.8. The third-order valence-corrected chi connectivity index (χ3v) is 24.6. The highest BCUT2D eigenvalue weighted by Gasteiger charge is 2.54. The van der Waals surface area contributed by atoms with Crippen molar-refractivity contribution in [3.8, 4) is 84.6 Å². The second-order valence-electron chi connectivity index (χ2n) is 31.9. The second-order valence-corrected chi connectivity index (χ2v) is 33.4. The van der Waals surface area contributed by atoms with Crippen LogP contribution in [0.15, 0.2) is 340 Å². The summed E-state index contributed by atoms with van der Waals surface area (Å²) in [4.78, 5) is 4.34. The number of fused-ring (bicyclic) bond motifs is 10. The van der Waals surface area contributed by atoms with Gasteiger partial charge in [-0.1, -0.05) is 253 Å². The van der Waals surface area contributed by atoms with Crippen molar-refractivity contribution in [3.05, 3.63) is 340 Å². The highest BCUT2D eigenvalue weighted by molar-refractivity contribution is 14.1. The molecule has 0 spiro atoms. The van der Waals surface area contributed by atoms with E-state index in [0.29, 0.717) is 33.6 Å². The van der Waals surface area contributed by atoms with Gasteiger partial charge < -0.3 is 33.0 Å². The van der Waals surface area contributed by atoms with Gasteiger partial charge in [-0.2, -0.15) is 21.6 Å².